The molecule has 2 unspecified atom stereocenters. The van der Waals surface area contributed by atoms with Crippen LogP contribution in [-0.4, -0.2) is 47.6 Å². The highest BCUT2D eigenvalue weighted by Crippen LogP contribution is 2.31. The molecule has 1 saturated heterocycles. The average Bonchev–Trinajstić information content (AvgIpc) is 2.97. The third kappa shape index (κ3) is 2.85. The van der Waals surface area contributed by atoms with Crippen LogP contribution in [-0.2, 0) is 4.74 Å². The number of morpholine rings is 1. The van der Waals surface area contributed by atoms with Crippen molar-refractivity contribution in [1.29, 1.82) is 0 Å². The Morgan fingerprint density at radius 2 is 2.43 bits per heavy atom. The van der Waals surface area contributed by atoms with Crippen LogP contribution in [0.3, 0.4) is 0 Å². The van der Waals surface area contributed by atoms with Crippen molar-refractivity contribution in [1.82, 2.24) is 9.88 Å². The molecule has 5 nitrogen and oxygen atoms in total. The molecular formula is C15H20ClN3O2. The number of anilines is 1. The number of nitrogens with zero attached hydrogens (tertiary/aromatic N) is 2. The van der Waals surface area contributed by atoms with Crippen LogP contribution >= 0.6 is 11.6 Å². The molecule has 114 valence electrons. The Balaban J connectivity index is 1.79. The van der Waals surface area contributed by atoms with Crippen LogP contribution in [0.5, 0.6) is 0 Å². The Labute approximate surface area is 129 Å². The molecule has 2 heterocycles. The number of hydrogen-bond acceptors (Lipinski definition) is 4. The largest absolute Gasteiger partial charge is 0.374 e. The lowest BCUT2D eigenvalue weighted by atomic mass is 10.1. The molecule has 3 rings (SSSR count). The van der Waals surface area contributed by atoms with E-state index in [0.29, 0.717) is 29.6 Å². The number of fused-ring (bicyclic) bond motifs is 1. The summed E-state index contributed by atoms with van der Waals surface area (Å²) in [5, 5.41) is 3.56. The number of halogens is 1. The smallest absolute Gasteiger partial charge is 0.255 e. The maximum Gasteiger partial charge on any atom is 0.255 e. The molecule has 2 aliphatic rings. The lowest BCUT2D eigenvalue weighted by Crippen LogP contribution is -2.51. The first kappa shape index (κ1) is 14.6. The topological polar surface area (TPSA) is 54.5 Å². The van der Waals surface area contributed by atoms with Gasteiger partial charge in [-0.2, -0.15) is 0 Å². The first-order valence-electron chi connectivity index (χ1n) is 7.52. The molecule has 0 bridgehead atoms. The Hall–Kier alpha value is -1.33. The standard InChI is InChI=1S/C15H20ClN3O2/c1-2-17-14-11(16)8-10(9-18-14)15(20)19-6-7-21-13-5-3-4-12(13)19/h8-9,12-13H,2-7H2,1H3,(H,17,18). The van der Waals surface area contributed by atoms with E-state index in [2.05, 4.69) is 10.3 Å². The number of ether oxygens (including phenoxy) is 1. The molecule has 2 atom stereocenters. The second-order valence-electron chi connectivity index (χ2n) is 5.49. The highest BCUT2D eigenvalue weighted by atomic mass is 35.5. The maximum absolute atomic E-state index is 12.7. The Bertz CT molecular complexity index is 538. The summed E-state index contributed by atoms with van der Waals surface area (Å²) < 4.78 is 5.75. The normalized spacial score (nSPS) is 24.8. The number of nitrogens with one attached hydrogen (secondary N) is 1. The zero-order valence-corrected chi connectivity index (χ0v) is 12.9. The summed E-state index contributed by atoms with van der Waals surface area (Å²) in [5.41, 5.74) is 0.550. The molecule has 6 heteroatoms. The summed E-state index contributed by atoms with van der Waals surface area (Å²) in [7, 11) is 0. The molecule has 0 radical (unpaired) electrons. The molecule has 1 aliphatic carbocycles. The highest BCUT2D eigenvalue weighted by Gasteiger charge is 2.38. The van der Waals surface area contributed by atoms with Gasteiger partial charge >= 0.3 is 0 Å². The van der Waals surface area contributed by atoms with Gasteiger partial charge in [-0.3, -0.25) is 4.79 Å². The van der Waals surface area contributed by atoms with E-state index < -0.39 is 0 Å². The van der Waals surface area contributed by atoms with Gasteiger partial charge in [0.2, 0.25) is 0 Å². The van der Waals surface area contributed by atoms with E-state index >= 15 is 0 Å². The van der Waals surface area contributed by atoms with Crippen molar-refractivity contribution < 1.29 is 9.53 Å². The minimum Gasteiger partial charge on any atom is -0.374 e. The van der Waals surface area contributed by atoms with Crippen molar-refractivity contribution in [3.05, 3.63) is 22.8 Å². The number of amides is 1. The summed E-state index contributed by atoms with van der Waals surface area (Å²) in [6.07, 6.45) is 5.00. The van der Waals surface area contributed by atoms with Crippen LogP contribution in [0.1, 0.15) is 36.5 Å². The van der Waals surface area contributed by atoms with E-state index in [9.17, 15) is 4.79 Å². The molecule has 0 aromatic carbocycles. The second-order valence-corrected chi connectivity index (χ2v) is 5.90. The van der Waals surface area contributed by atoms with Gasteiger partial charge in [-0.05, 0) is 32.3 Å². The van der Waals surface area contributed by atoms with Crippen LogP contribution in [0.15, 0.2) is 12.3 Å². The van der Waals surface area contributed by atoms with E-state index in [4.69, 9.17) is 16.3 Å². The molecular weight excluding hydrogens is 290 g/mol. The van der Waals surface area contributed by atoms with E-state index in [0.717, 1.165) is 25.8 Å². The van der Waals surface area contributed by atoms with Crippen LogP contribution in [0.4, 0.5) is 5.82 Å². The van der Waals surface area contributed by atoms with Gasteiger partial charge in [0.1, 0.15) is 5.82 Å². The van der Waals surface area contributed by atoms with Crippen LogP contribution in [0.2, 0.25) is 5.02 Å². The average molecular weight is 310 g/mol. The molecule has 1 aromatic heterocycles. The van der Waals surface area contributed by atoms with Gasteiger partial charge in [-0.25, -0.2) is 4.98 Å². The maximum atomic E-state index is 12.7. The number of carbonyl (C=O) groups excluding carboxylic acids is 1. The molecule has 0 spiro atoms. The monoisotopic (exact) mass is 309 g/mol. The Morgan fingerprint density at radius 1 is 1.57 bits per heavy atom. The zero-order valence-electron chi connectivity index (χ0n) is 12.1. The molecule has 1 aromatic rings. The summed E-state index contributed by atoms with van der Waals surface area (Å²) in [6.45, 7) is 3.98. The van der Waals surface area contributed by atoms with Gasteiger partial charge in [0.05, 0.1) is 29.3 Å². The molecule has 2 fully saturated rings. The van der Waals surface area contributed by atoms with Crippen molar-refractivity contribution in [2.75, 3.05) is 25.0 Å². The van der Waals surface area contributed by atoms with Gasteiger partial charge in [0.25, 0.3) is 5.91 Å². The highest BCUT2D eigenvalue weighted by molar-refractivity contribution is 6.33. The fourth-order valence-electron chi connectivity index (χ4n) is 3.20. The lowest BCUT2D eigenvalue weighted by Gasteiger charge is -2.37. The molecule has 1 amide bonds. The van der Waals surface area contributed by atoms with Crippen molar-refractivity contribution in [2.24, 2.45) is 0 Å². The second kappa shape index (κ2) is 6.20. The summed E-state index contributed by atoms with van der Waals surface area (Å²) in [4.78, 5) is 18.9. The molecule has 21 heavy (non-hydrogen) atoms. The van der Waals surface area contributed by atoms with E-state index in [-0.39, 0.29) is 18.1 Å². The zero-order chi connectivity index (χ0) is 14.8. The van der Waals surface area contributed by atoms with Crippen LogP contribution < -0.4 is 5.32 Å². The summed E-state index contributed by atoms with van der Waals surface area (Å²) in [6, 6.07) is 1.91. The lowest BCUT2D eigenvalue weighted by molar-refractivity contribution is -0.0445. The number of aromatic nitrogens is 1. The number of pyridine rings is 1. The van der Waals surface area contributed by atoms with Crippen molar-refractivity contribution in [3.8, 4) is 0 Å². The fraction of sp³-hybridized carbons (Fsp3) is 0.600. The van der Waals surface area contributed by atoms with Crippen molar-refractivity contribution in [2.45, 2.75) is 38.3 Å². The predicted molar refractivity (Wildman–Crippen MR) is 81.8 cm³/mol. The van der Waals surface area contributed by atoms with Gasteiger partial charge < -0.3 is 15.0 Å². The van der Waals surface area contributed by atoms with Gasteiger partial charge in [0.15, 0.2) is 0 Å². The number of rotatable bonds is 3. The van der Waals surface area contributed by atoms with Crippen molar-refractivity contribution in [3.63, 3.8) is 0 Å². The first-order valence-corrected chi connectivity index (χ1v) is 7.90. The summed E-state index contributed by atoms with van der Waals surface area (Å²) >= 11 is 6.18. The van der Waals surface area contributed by atoms with E-state index in [1.807, 2.05) is 11.8 Å². The third-order valence-corrected chi connectivity index (χ3v) is 4.46. The number of carbonyl (C=O) groups is 1. The van der Waals surface area contributed by atoms with Gasteiger partial charge in [-0.1, -0.05) is 11.6 Å². The Morgan fingerprint density at radius 3 is 3.19 bits per heavy atom. The Kier molecular flexibility index (Phi) is 4.31. The summed E-state index contributed by atoms with van der Waals surface area (Å²) in [5.74, 6) is 0.629. The molecule has 1 aliphatic heterocycles. The third-order valence-electron chi connectivity index (χ3n) is 4.18. The van der Waals surface area contributed by atoms with Gasteiger partial charge in [-0.15, -0.1) is 0 Å². The van der Waals surface area contributed by atoms with E-state index in [1.54, 1.807) is 12.3 Å². The minimum atomic E-state index is 0.00708. The van der Waals surface area contributed by atoms with Crippen LogP contribution in [0.25, 0.3) is 0 Å². The van der Waals surface area contributed by atoms with Crippen molar-refractivity contribution >= 4 is 23.3 Å². The van der Waals surface area contributed by atoms with E-state index in [1.165, 1.54) is 0 Å². The minimum absolute atomic E-state index is 0.00708. The molecule has 1 saturated carbocycles. The fourth-order valence-corrected chi connectivity index (χ4v) is 3.43. The quantitative estimate of drug-likeness (QED) is 0.932. The first-order chi connectivity index (χ1) is 10.2. The van der Waals surface area contributed by atoms with Gasteiger partial charge in [0, 0.05) is 19.3 Å². The molecule has 1 N–H and O–H groups in total. The predicted octanol–water partition coefficient (Wildman–Crippen LogP) is 2.56. The van der Waals surface area contributed by atoms with Crippen LogP contribution in [0, 0.1) is 0 Å². The SMILES string of the molecule is CCNc1ncc(C(=O)N2CCOC3CCCC32)cc1Cl. The number of hydrogen-bond donors (Lipinski definition) is 1.